The van der Waals surface area contributed by atoms with E-state index in [9.17, 15) is 5.11 Å². The summed E-state index contributed by atoms with van der Waals surface area (Å²) in [4.78, 5) is 0. The van der Waals surface area contributed by atoms with Crippen molar-refractivity contribution in [1.29, 1.82) is 0 Å². The Morgan fingerprint density at radius 2 is 2.00 bits per heavy atom. The molecule has 1 saturated heterocycles. The number of rotatable bonds is 1. The first-order valence-corrected chi connectivity index (χ1v) is 4.69. The van der Waals surface area contributed by atoms with E-state index in [1.54, 1.807) is 13.8 Å². The van der Waals surface area contributed by atoms with Gasteiger partial charge in [0, 0.05) is 0 Å². The molecule has 2 unspecified atom stereocenters. The van der Waals surface area contributed by atoms with Crippen LogP contribution >= 0.6 is 0 Å². The molecular weight excluding hydrogens is 164 g/mol. The Kier molecular flexibility index (Phi) is 2.44. The van der Waals surface area contributed by atoms with Crippen molar-refractivity contribution in [2.75, 3.05) is 0 Å². The number of epoxide rings is 1. The zero-order chi connectivity index (χ0) is 10.3. The van der Waals surface area contributed by atoms with Crippen molar-refractivity contribution in [2.24, 2.45) is 5.92 Å². The first kappa shape index (κ1) is 10.6. The lowest BCUT2D eigenvalue weighted by Crippen LogP contribution is -2.18. The van der Waals surface area contributed by atoms with Crippen molar-refractivity contribution in [3.8, 4) is 11.8 Å². The molecule has 0 bridgehead atoms. The highest BCUT2D eigenvalue weighted by Crippen LogP contribution is 2.40. The molecule has 13 heavy (non-hydrogen) atoms. The van der Waals surface area contributed by atoms with Gasteiger partial charge in [-0.05, 0) is 26.7 Å². The molecule has 0 amide bonds. The quantitative estimate of drug-likeness (QED) is 0.493. The predicted molar refractivity (Wildman–Crippen MR) is 52.2 cm³/mol. The van der Waals surface area contributed by atoms with E-state index >= 15 is 0 Å². The molecule has 2 heteroatoms. The summed E-state index contributed by atoms with van der Waals surface area (Å²) in [6.07, 6.45) is 0.224. The Morgan fingerprint density at radius 1 is 1.46 bits per heavy atom. The minimum absolute atomic E-state index is 0.224. The second-order valence-electron chi connectivity index (χ2n) is 4.70. The lowest BCUT2D eigenvalue weighted by molar-refractivity contribution is 0.143. The van der Waals surface area contributed by atoms with Crippen molar-refractivity contribution in [3.63, 3.8) is 0 Å². The molecule has 2 nitrogen and oxygen atoms in total. The molecule has 0 radical (unpaired) electrons. The Bertz CT molecular complexity index is 251. The molecule has 1 aliphatic heterocycles. The summed E-state index contributed by atoms with van der Waals surface area (Å²) >= 11 is 0. The molecule has 1 aliphatic rings. The van der Waals surface area contributed by atoms with Crippen LogP contribution in [0, 0.1) is 17.8 Å². The summed E-state index contributed by atoms with van der Waals surface area (Å²) in [5, 5.41) is 9.40. The number of ether oxygens (including phenoxy) is 1. The number of hydrogen-bond acceptors (Lipinski definition) is 2. The molecule has 0 aliphatic carbocycles. The van der Waals surface area contributed by atoms with Crippen molar-refractivity contribution in [3.05, 3.63) is 0 Å². The monoisotopic (exact) mass is 182 g/mol. The van der Waals surface area contributed by atoms with Gasteiger partial charge in [-0.15, -0.1) is 0 Å². The van der Waals surface area contributed by atoms with Crippen LogP contribution < -0.4 is 0 Å². The standard InChI is InChI=1S/C11H18O2/c1-8(2)9-11(5,13-9)7-6-10(3,4)12/h8-9,12H,1-5H3. The average Bonchev–Trinajstić information content (AvgIpc) is 2.59. The van der Waals surface area contributed by atoms with Crippen LogP contribution in [0.25, 0.3) is 0 Å². The maximum Gasteiger partial charge on any atom is 0.152 e. The minimum atomic E-state index is -0.920. The van der Waals surface area contributed by atoms with Gasteiger partial charge in [-0.3, -0.25) is 0 Å². The lowest BCUT2D eigenvalue weighted by atomic mass is 9.98. The van der Waals surface area contributed by atoms with E-state index < -0.39 is 5.60 Å². The van der Waals surface area contributed by atoms with Gasteiger partial charge in [0.2, 0.25) is 0 Å². The molecule has 1 rings (SSSR count). The van der Waals surface area contributed by atoms with Gasteiger partial charge < -0.3 is 9.84 Å². The SMILES string of the molecule is CC(C)C1OC1(C)C#CC(C)(C)O. The van der Waals surface area contributed by atoms with E-state index in [0.29, 0.717) is 5.92 Å². The average molecular weight is 182 g/mol. The van der Waals surface area contributed by atoms with E-state index in [1.165, 1.54) is 0 Å². The molecular formula is C11H18O2. The predicted octanol–water partition coefficient (Wildman–Crippen LogP) is 1.57. The zero-order valence-corrected chi connectivity index (χ0v) is 9.01. The largest absolute Gasteiger partial charge is 0.378 e. The molecule has 74 valence electrons. The van der Waals surface area contributed by atoms with Crippen molar-refractivity contribution in [1.82, 2.24) is 0 Å². The first-order valence-electron chi connectivity index (χ1n) is 4.69. The van der Waals surface area contributed by atoms with Crippen molar-refractivity contribution >= 4 is 0 Å². The molecule has 0 saturated carbocycles. The maximum atomic E-state index is 9.40. The van der Waals surface area contributed by atoms with E-state index in [2.05, 4.69) is 25.7 Å². The van der Waals surface area contributed by atoms with Crippen LogP contribution in [0.1, 0.15) is 34.6 Å². The fourth-order valence-corrected chi connectivity index (χ4v) is 1.38. The van der Waals surface area contributed by atoms with Crippen molar-refractivity contribution < 1.29 is 9.84 Å². The smallest absolute Gasteiger partial charge is 0.152 e. The van der Waals surface area contributed by atoms with Gasteiger partial charge >= 0.3 is 0 Å². The van der Waals surface area contributed by atoms with Crippen LogP contribution in [-0.4, -0.2) is 22.4 Å². The summed E-state index contributed by atoms with van der Waals surface area (Å²) in [6, 6.07) is 0. The van der Waals surface area contributed by atoms with Gasteiger partial charge in [-0.25, -0.2) is 0 Å². The third kappa shape index (κ3) is 2.72. The zero-order valence-electron chi connectivity index (χ0n) is 9.01. The van der Waals surface area contributed by atoms with Gasteiger partial charge in [-0.2, -0.15) is 0 Å². The summed E-state index contributed by atoms with van der Waals surface area (Å²) in [7, 11) is 0. The Balaban J connectivity index is 2.61. The summed E-state index contributed by atoms with van der Waals surface area (Å²) < 4.78 is 5.48. The fourth-order valence-electron chi connectivity index (χ4n) is 1.38. The highest BCUT2D eigenvalue weighted by Gasteiger charge is 2.52. The molecule has 0 aromatic carbocycles. The third-order valence-corrected chi connectivity index (χ3v) is 2.08. The third-order valence-electron chi connectivity index (χ3n) is 2.08. The van der Waals surface area contributed by atoms with Gasteiger partial charge in [0.15, 0.2) is 5.60 Å². The van der Waals surface area contributed by atoms with E-state index in [4.69, 9.17) is 4.74 Å². The Labute approximate surface area is 80.3 Å². The summed E-state index contributed by atoms with van der Waals surface area (Å²) in [5.41, 5.74) is -1.25. The minimum Gasteiger partial charge on any atom is -0.378 e. The van der Waals surface area contributed by atoms with Gasteiger partial charge in [0.05, 0.1) is 0 Å². The van der Waals surface area contributed by atoms with Gasteiger partial charge in [-0.1, -0.05) is 25.7 Å². The molecule has 1 fully saturated rings. The van der Waals surface area contributed by atoms with Crippen LogP contribution in [0.2, 0.25) is 0 Å². The molecule has 0 spiro atoms. The van der Waals surface area contributed by atoms with E-state index in [-0.39, 0.29) is 11.7 Å². The van der Waals surface area contributed by atoms with Crippen molar-refractivity contribution in [2.45, 2.75) is 51.9 Å². The lowest BCUT2D eigenvalue weighted by Gasteiger charge is -2.07. The van der Waals surface area contributed by atoms with Crippen LogP contribution in [0.4, 0.5) is 0 Å². The summed E-state index contributed by atoms with van der Waals surface area (Å²) in [5.74, 6) is 6.26. The highest BCUT2D eigenvalue weighted by atomic mass is 16.6. The van der Waals surface area contributed by atoms with Crippen LogP contribution in [0.3, 0.4) is 0 Å². The molecule has 0 aromatic heterocycles. The molecule has 0 aromatic rings. The highest BCUT2D eigenvalue weighted by molar-refractivity contribution is 5.27. The number of aliphatic hydroxyl groups is 1. The van der Waals surface area contributed by atoms with Gasteiger partial charge in [0.25, 0.3) is 0 Å². The molecule has 1 N–H and O–H groups in total. The summed E-state index contributed by atoms with van der Waals surface area (Å²) in [6.45, 7) is 9.55. The topological polar surface area (TPSA) is 32.8 Å². The maximum absolute atomic E-state index is 9.40. The van der Waals surface area contributed by atoms with Crippen LogP contribution in [0.15, 0.2) is 0 Å². The molecule has 2 atom stereocenters. The van der Waals surface area contributed by atoms with Crippen LogP contribution in [0.5, 0.6) is 0 Å². The normalized spacial score (nSPS) is 32.7. The second-order valence-corrected chi connectivity index (χ2v) is 4.70. The van der Waals surface area contributed by atoms with Gasteiger partial charge in [0.1, 0.15) is 11.7 Å². The van der Waals surface area contributed by atoms with Crippen LogP contribution in [-0.2, 0) is 4.74 Å². The number of hydrogen-bond donors (Lipinski definition) is 1. The Hall–Kier alpha value is -0.520. The first-order chi connectivity index (χ1) is 5.75. The fraction of sp³-hybridized carbons (Fsp3) is 0.818. The Morgan fingerprint density at radius 3 is 2.31 bits per heavy atom. The molecule has 1 heterocycles. The van der Waals surface area contributed by atoms with E-state index in [1.807, 2.05) is 6.92 Å². The van der Waals surface area contributed by atoms with E-state index in [0.717, 1.165) is 0 Å². The second kappa shape index (κ2) is 3.01.